The predicted molar refractivity (Wildman–Crippen MR) is 98.7 cm³/mol. The van der Waals surface area contributed by atoms with Gasteiger partial charge in [0.2, 0.25) is 0 Å². The lowest BCUT2D eigenvalue weighted by molar-refractivity contribution is 0.0731. The monoisotopic (exact) mass is 355 g/mol. The highest BCUT2D eigenvalue weighted by Crippen LogP contribution is 2.39. The van der Waals surface area contributed by atoms with E-state index in [2.05, 4.69) is 6.07 Å². The fraction of sp³-hybridized carbons (Fsp3) is 0.350. The molecule has 1 fully saturated rings. The van der Waals surface area contributed by atoms with Crippen molar-refractivity contribution >= 4 is 17.7 Å². The first-order chi connectivity index (χ1) is 12.3. The summed E-state index contributed by atoms with van der Waals surface area (Å²) in [5.74, 6) is 1.69. The van der Waals surface area contributed by atoms with E-state index < -0.39 is 0 Å². The molecule has 2 aliphatic rings. The van der Waals surface area contributed by atoms with Gasteiger partial charge >= 0.3 is 0 Å². The number of amides is 1. The van der Waals surface area contributed by atoms with Crippen LogP contribution in [0.3, 0.4) is 0 Å². The average Bonchev–Trinajstić information content (AvgIpc) is 3.16. The number of hydrogen-bond donors (Lipinski definition) is 0. The molecule has 130 valence electrons. The van der Waals surface area contributed by atoms with E-state index in [1.807, 2.05) is 47.6 Å². The Hall–Kier alpha value is -2.14. The number of likely N-dealkylation sites (tertiary alicyclic amines) is 1. The van der Waals surface area contributed by atoms with Gasteiger partial charge in [0, 0.05) is 11.4 Å². The molecule has 2 aromatic rings. The van der Waals surface area contributed by atoms with Crippen LogP contribution in [0.25, 0.3) is 0 Å². The van der Waals surface area contributed by atoms with E-state index in [0.29, 0.717) is 13.2 Å². The maximum atomic E-state index is 13.2. The minimum atomic E-state index is 0.0956. The van der Waals surface area contributed by atoms with Gasteiger partial charge in [0.1, 0.15) is 13.2 Å². The van der Waals surface area contributed by atoms with Crippen molar-refractivity contribution in [3.63, 3.8) is 0 Å². The van der Waals surface area contributed by atoms with Crippen LogP contribution in [0.15, 0.2) is 47.4 Å². The van der Waals surface area contributed by atoms with Gasteiger partial charge in [0.05, 0.1) is 11.6 Å². The Morgan fingerprint density at radius 1 is 1.12 bits per heavy atom. The largest absolute Gasteiger partial charge is 0.486 e. The van der Waals surface area contributed by atoms with Crippen LogP contribution in [0.2, 0.25) is 0 Å². The number of carbonyl (C=O) groups excluding carboxylic acids is 1. The van der Waals surface area contributed by atoms with Crippen LogP contribution in [-0.2, 0) is 0 Å². The maximum absolute atomic E-state index is 13.2. The zero-order valence-corrected chi connectivity index (χ0v) is 15.1. The van der Waals surface area contributed by atoms with Gasteiger partial charge < -0.3 is 14.4 Å². The third-order valence-electron chi connectivity index (χ3n) is 4.80. The molecule has 0 aliphatic carbocycles. The van der Waals surface area contributed by atoms with Crippen molar-refractivity contribution in [3.8, 4) is 11.5 Å². The van der Waals surface area contributed by atoms with Crippen LogP contribution in [0.4, 0.5) is 0 Å². The highest BCUT2D eigenvalue weighted by atomic mass is 32.2. The van der Waals surface area contributed by atoms with Crippen molar-refractivity contribution in [2.24, 2.45) is 0 Å². The fourth-order valence-electron chi connectivity index (χ4n) is 3.60. The number of rotatable bonds is 3. The van der Waals surface area contributed by atoms with Crippen molar-refractivity contribution in [2.45, 2.75) is 23.8 Å². The summed E-state index contributed by atoms with van der Waals surface area (Å²) in [6.07, 6.45) is 4.01. The Balaban J connectivity index is 1.63. The summed E-state index contributed by atoms with van der Waals surface area (Å²) >= 11 is 1.61. The van der Waals surface area contributed by atoms with Gasteiger partial charge in [-0.15, -0.1) is 11.8 Å². The second-order valence-electron chi connectivity index (χ2n) is 6.26. The highest BCUT2D eigenvalue weighted by molar-refractivity contribution is 7.98. The molecule has 2 aliphatic heterocycles. The van der Waals surface area contributed by atoms with Gasteiger partial charge in [-0.05, 0) is 48.9 Å². The number of fused-ring (bicyclic) bond motifs is 1. The zero-order chi connectivity index (χ0) is 17.2. The second kappa shape index (κ2) is 7.00. The van der Waals surface area contributed by atoms with Crippen LogP contribution < -0.4 is 9.47 Å². The first kappa shape index (κ1) is 16.3. The van der Waals surface area contributed by atoms with Gasteiger partial charge in [0.15, 0.2) is 11.5 Å². The Labute approximate surface area is 152 Å². The smallest absolute Gasteiger partial charge is 0.255 e. The van der Waals surface area contributed by atoms with E-state index in [4.69, 9.17) is 9.47 Å². The SMILES string of the molecule is CSc1ccccc1C(=O)N1CCCC1c1ccc2c(c1)OCCO2. The van der Waals surface area contributed by atoms with E-state index in [-0.39, 0.29) is 11.9 Å². The zero-order valence-electron chi connectivity index (χ0n) is 14.2. The molecule has 0 spiro atoms. The van der Waals surface area contributed by atoms with E-state index in [9.17, 15) is 4.79 Å². The Kier molecular flexibility index (Phi) is 4.57. The molecule has 0 N–H and O–H groups in total. The van der Waals surface area contributed by atoms with Crippen molar-refractivity contribution in [3.05, 3.63) is 53.6 Å². The third kappa shape index (κ3) is 3.09. The molecule has 0 saturated carbocycles. The van der Waals surface area contributed by atoms with Gasteiger partial charge in [-0.3, -0.25) is 4.79 Å². The molecule has 4 rings (SSSR count). The molecule has 1 amide bonds. The lowest BCUT2D eigenvalue weighted by atomic mass is 10.0. The van der Waals surface area contributed by atoms with Crippen molar-refractivity contribution in [2.75, 3.05) is 26.0 Å². The molecular weight excluding hydrogens is 334 g/mol. The molecule has 4 nitrogen and oxygen atoms in total. The first-order valence-electron chi connectivity index (χ1n) is 8.61. The number of ether oxygens (including phenoxy) is 2. The van der Waals surface area contributed by atoms with Crippen LogP contribution in [0, 0.1) is 0 Å². The summed E-state index contributed by atoms with van der Waals surface area (Å²) in [4.78, 5) is 16.2. The molecule has 1 atom stereocenters. The summed E-state index contributed by atoms with van der Waals surface area (Å²) in [6.45, 7) is 1.96. The minimum Gasteiger partial charge on any atom is -0.486 e. The molecule has 25 heavy (non-hydrogen) atoms. The first-order valence-corrected chi connectivity index (χ1v) is 9.84. The molecule has 5 heteroatoms. The predicted octanol–water partition coefficient (Wildman–Crippen LogP) is 4.16. The molecule has 2 aromatic carbocycles. The van der Waals surface area contributed by atoms with E-state index >= 15 is 0 Å². The summed E-state index contributed by atoms with van der Waals surface area (Å²) in [6, 6.07) is 14.0. The molecule has 2 heterocycles. The quantitative estimate of drug-likeness (QED) is 0.775. The average molecular weight is 355 g/mol. The Morgan fingerprint density at radius 2 is 1.92 bits per heavy atom. The van der Waals surface area contributed by atoms with Gasteiger partial charge in [-0.25, -0.2) is 0 Å². The standard InChI is InChI=1S/C20H21NO3S/c1-25-19-7-3-2-5-15(19)20(22)21-10-4-6-16(21)14-8-9-17-18(13-14)24-12-11-23-17/h2-3,5,7-9,13,16H,4,6,10-12H2,1H3. The molecule has 0 bridgehead atoms. The van der Waals surface area contributed by atoms with Crippen molar-refractivity contribution in [1.82, 2.24) is 4.90 Å². The van der Waals surface area contributed by atoms with E-state index in [1.165, 1.54) is 0 Å². The molecular formula is C20H21NO3S. The van der Waals surface area contributed by atoms with E-state index in [0.717, 1.165) is 46.9 Å². The van der Waals surface area contributed by atoms with Crippen LogP contribution in [0.5, 0.6) is 11.5 Å². The summed E-state index contributed by atoms with van der Waals surface area (Å²) in [7, 11) is 0. The molecule has 0 aromatic heterocycles. The Morgan fingerprint density at radius 3 is 2.76 bits per heavy atom. The van der Waals surface area contributed by atoms with Crippen LogP contribution in [0.1, 0.15) is 34.8 Å². The highest BCUT2D eigenvalue weighted by Gasteiger charge is 2.32. The normalized spacial score (nSPS) is 19.1. The van der Waals surface area contributed by atoms with Gasteiger partial charge in [0.25, 0.3) is 5.91 Å². The number of nitrogens with zero attached hydrogens (tertiary/aromatic N) is 1. The lowest BCUT2D eigenvalue weighted by Crippen LogP contribution is -2.31. The van der Waals surface area contributed by atoms with Gasteiger partial charge in [-0.2, -0.15) is 0 Å². The molecule has 1 unspecified atom stereocenters. The van der Waals surface area contributed by atoms with Crippen LogP contribution in [-0.4, -0.2) is 36.8 Å². The summed E-state index contributed by atoms with van der Waals surface area (Å²) in [5, 5.41) is 0. The Bertz CT molecular complexity index is 792. The number of hydrogen-bond acceptors (Lipinski definition) is 4. The maximum Gasteiger partial charge on any atom is 0.255 e. The second-order valence-corrected chi connectivity index (χ2v) is 7.11. The molecule has 0 radical (unpaired) electrons. The van der Waals surface area contributed by atoms with Gasteiger partial charge in [-0.1, -0.05) is 18.2 Å². The van der Waals surface area contributed by atoms with Crippen molar-refractivity contribution in [1.29, 1.82) is 0 Å². The lowest BCUT2D eigenvalue weighted by Gasteiger charge is -2.27. The fourth-order valence-corrected chi connectivity index (χ4v) is 4.19. The summed E-state index contributed by atoms with van der Waals surface area (Å²) < 4.78 is 11.3. The minimum absolute atomic E-state index is 0.0956. The topological polar surface area (TPSA) is 38.8 Å². The van der Waals surface area contributed by atoms with Crippen molar-refractivity contribution < 1.29 is 14.3 Å². The number of carbonyl (C=O) groups is 1. The molecule has 1 saturated heterocycles. The number of thioether (sulfide) groups is 1. The third-order valence-corrected chi connectivity index (χ3v) is 5.60. The van der Waals surface area contributed by atoms with E-state index in [1.54, 1.807) is 11.8 Å². The number of benzene rings is 2. The van der Waals surface area contributed by atoms with Crippen LogP contribution >= 0.6 is 11.8 Å². The summed E-state index contributed by atoms with van der Waals surface area (Å²) in [5.41, 5.74) is 1.91.